The molecule has 2 N–H and O–H groups in total. The minimum atomic E-state index is 0.0862. The predicted molar refractivity (Wildman–Crippen MR) is 69.6 cm³/mol. The van der Waals surface area contributed by atoms with E-state index in [4.69, 9.17) is 5.73 Å². The molecule has 0 spiro atoms. The molecule has 0 aromatic rings. The van der Waals surface area contributed by atoms with Gasteiger partial charge in [0.05, 0.1) is 5.92 Å². The normalized spacial score (nSPS) is 31.2. The molecule has 0 bridgehead atoms. The maximum Gasteiger partial charge on any atom is 0.227 e. The van der Waals surface area contributed by atoms with E-state index in [1.807, 2.05) is 11.9 Å². The lowest BCUT2D eigenvalue weighted by atomic mass is 9.93. The number of hydrogen-bond acceptors (Lipinski definition) is 2. The first-order chi connectivity index (χ1) is 8.20. The summed E-state index contributed by atoms with van der Waals surface area (Å²) in [5.74, 6) is 0.398. The van der Waals surface area contributed by atoms with E-state index in [2.05, 4.69) is 0 Å². The zero-order chi connectivity index (χ0) is 12.3. The van der Waals surface area contributed by atoms with Crippen LogP contribution < -0.4 is 5.73 Å². The Morgan fingerprint density at radius 2 is 1.59 bits per heavy atom. The van der Waals surface area contributed by atoms with E-state index in [9.17, 15) is 4.79 Å². The van der Waals surface area contributed by atoms with Gasteiger partial charge in [0.25, 0.3) is 0 Å². The van der Waals surface area contributed by atoms with Crippen LogP contribution >= 0.6 is 0 Å². The highest BCUT2D eigenvalue weighted by atomic mass is 16.2. The van der Waals surface area contributed by atoms with E-state index in [0.29, 0.717) is 11.9 Å². The molecular weight excluding hydrogens is 212 g/mol. The highest BCUT2D eigenvalue weighted by Gasteiger charge is 2.32. The van der Waals surface area contributed by atoms with Crippen molar-refractivity contribution in [3.8, 4) is 0 Å². The summed E-state index contributed by atoms with van der Waals surface area (Å²) in [5, 5.41) is 0. The van der Waals surface area contributed by atoms with Gasteiger partial charge in [-0.15, -0.1) is 0 Å². The zero-order valence-corrected chi connectivity index (χ0v) is 11.0. The molecule has 2 unspecified atom stereocenters. The van der Waals surface area contributed by atoms with E-state index in [-0.39, 0.29) is 12.0 Å². The quantitative estimate of drug-likeness (QED) is 0.750. The van der Waals surface area contributed by atoms with E-state index in [1.165, 1.54) is 44.9 Å². The molecule has 0 saturated heterocycles. The van der Waals surface area contributed by atoms with Crippen molar-refractivity contribution in [2.45, 2.75) is 69.9 Å². The number of nitrogens with two attached hydrogens (primary N) is 1. The molecule has 2 saturated carbocycles. The number of rotatable bonds is 2. The van der Waals surface area contributed by atoms with Gasteiger partial charge in [0, 0.05) is 19.1 Å². The fourth-order valence-electron chi connectivity index (χ4n) is 3.38. The average molecular weight is 238 g/mol. The Morgan fingerprint density at radius 1 is 1.00 bits per heavy atom. The van der Waals surface area contributed by atoms with E-state index >= 15 is 0 Å². The SMILES string of the molecule is CN(C(=O)C1CCCCCC1N)C1CCCC1. The van der Waals surface area contributed by atoms with Crippen LogP contribution in [0.4, 0.5) is 0 Å². The summed E-state index contributed by atoms with van der Waals surface area (Å²) in [6.45, 7) is 0. The molecule has 0 radical (unpaired) electrons. The van der Waals surface area contributed by atoms with Gasteiger partial charge >= 0.3 is 0 Å². The van der Waals surface area contributed by atoms with E-state index in [0.717, 1.165) is 12.8 Å². The van der Waals surface area contributed by atoms with Crippen molar-refractivity contribution in [2.75, 3.05) is 7.05 Å². The van der Waals surface area contributed by atoms with Crippen molar-refractivity contribution in [3.05, 3.63) is 0 Å². The number of carbonyl (C=O) groups excluding carboxylic acids is 1. The third kappa shape index (κ3) is 3.01. The van der Waals surface area contributed by atoms with Crippen LogP contribution in [-0.2, 0) is 4.79 Å². The monoisotopic (exact) mass is 238 g/mol. The fourth-order valence-corrected chi connectivity index (χ4v) is 3.38. The van der Waals surface area contributed by atoms with Crippen molar-refractivity contribution in [3.63, 3.8) is 0 Å². The second-order valence-corrected chi connectivity index (χ2v) is 5.80. The summed E-state index contributed by atoms with van der Waals surface area (Å²) in [6, 6.07) is 0.576. The van der Waals surface area contributed by atoms with Crippen LogP contribution in [0.1, 0.15) is 57.8 Å². The maximum atomic E-state index is 12.5. The van der Waals surface area contributed by atoms with Crippen LogP contribution in [0.5, 0.6) is 0 Å². The average Bonchev–Trinajstić information content (AvgIpc) is 2.77. The molecular formula is C14H26N2O. The number of hydrogen-bond donors (Lipinski definition) is 1. The summed E-state index contributed by atoms with van der Waals surface area (Å²) >= 11 is 0. The second-order valence-electron chi connectivity index (χ2n) is 5.80. The summed E-state index contributed by atoms with van der Waals surface area (Å²) in [6.07, 6.45) is 10.5. The number of nitrogens with zero attached hydrogens (tertiary/aromatic N) is 1. The molecule has 2 fully saturated rings. The van der Waals surface area contributed by atoms with Crippen LogP contribution in [0.2, 0.25) is 0 Å². The third-order valence-corrected chi connectivity index (χ3v) is 4.61. The highest BCUT2D eigenvalue weighted by molar-refractivity contribution is 5.79. The minimum absolute atomic E-state index is 0.0862. The predicted octanol–water partition coefficient (Wildman–Crippen LogP) is 2.29. The Balaban J connectivity index is 1.96. The summed E-state index contributed by atoms with van der Waals surface area (Å²) in [7, 11) is 1.98. The van der Waals surface area contributed by atoms with Crippen LogP contribution in [0.15, 0.2) is 0 Å². The Labute approximate surface area is 105 Å². The fraction of sp³-hybridized carbons (Fsp3) is 0.929. The van der Waals surface area contributed by atoms with Crippen molar-refractivity contribution < 1.29 is 4.79 Å². The van der Waals surface area contributed by atoms with Gasteiger partial charge in [-0.25, -0.2) is 0 Å². The van der Waals surface area contributed by atoms with Crippen LogP contribution in [-0.4, -0.2) is 29.9 Å². The Morgan fingerprint density at radius 3 is 2.29 bits per heavy atom. The topological polar surface area (TPSA) is 46.3 Å². The largest absolute Gasteiger partial charge is 0.342 e. The molecule has 1 amide bonds. The van der Waals surface area contributed by atoms with Gasteiger partial charge in [-0.3, -0.25) is 4.79 Å². The number of carbonyl (C=O) groups is 1. The molecule has 0 aromatic carbocycles. The molecule has 2 atom stereocenters. The molecule has 2 aliphatic carbocycles. The van der Waals surface area contributed by atoms with Crippen molar-refractivity contribution in [1.29, 1.82) is 0 Å². The van der Waals surface area contributed by atoms with Gasteiger partial charge in [0.2, 0.25) is 5.91 Å². The molecule has 0 heterocycles. The molecule has 0 aromatic heterocycles. The summed E-state index contributed by atoms with van der Waals surface area (Å²) < 4.78 is 0. The minimum Gasteiger partial charge on any atom is -0.342 e. The molecule has 0 aliphatic heterocycles. The van der Waals surface area contributed by atoms with Crippen LogP contribution in [0, 0.1) is 5.92 Å². The Hall–Kier alpha value is -0.570. The summed E-state index contributed by atoms with van der Waals surface area (Å²) in [5.41, 5.74) is 6.17. The lowest BCUT2D eigenvalue weighted by molar-refractivity contribution is -0.137. The molecule has 2 aliphatic rings. The van der Waals surface area contributed by atoms with E-state index < -0.39 is 0 Å². The summed E-state index contributed by atoms with van der Waals surface area (Å²) in [4.78, 5) is 14.5. The number of amides is 1. The van der Waals surface area contributed by atoms with Crippen LogP contribution in [0.25, 0.3) is 0 Å². The highest BCUT2D eigenvalue weighted by Crippen LogP contribution is 2.28. The van der Waals surface area contributed by atoms with Gasteiger partial charge < -0.3 is 10.6 Å². The molecule has 3 heteroatoms. The van der Waals surface area contributed by atoms with Gasteiger partial charge in [-0.1, -0.05) is 32.1 Å². The zero-order valence-electron chi connectivity index (χ0n) is 11.0. The Bertz CT molecular complexity index is 261. The first-order valence-electron chi connectivity index (χ1n) is 7.22. The van der Waals surface area contributed by atoms with Crippen molar-refractivity contribution >= 4 is 5.91 Å². The van der Waals surface area contributed by atoms with Gasteiger partial charge in [-0.2, -0.15) is 0 Å². The second kappa shape index (κ2) is 5.85. The molecule has 2 rings (SSSR count). The van der Waals surface area contributed by atoms with Gasteiger partial charge in [-0.05, 0) is 25.7 Å². The third-order valence-electron chi connectivity index (χ3n) is 4.61. The van der Waals surface area contributed by atoms with Gasteiger partial charge in [0.15, 0.2) is 0 Å². The first-order valence-corrected chi connectivity index (χ1v) is 7.22. The Kier molecular flexibility index (Phi) is 4.43. The maximum absolute atomic E-state index is 12.5. The molecule has 3 nitrogen and oxygen atoms in total. The van der Waals surface area contributed by atoms with Crippen molar-refractivity contribution in [1.82, 2.24) is 4.90 Å². The van der Waals surface area contributed by atoms with Crippen molar-refractivity contribution in [2.24, 2.45) is 11.7 Å². The lowest BCUT2D eigenvalue weighted by Gasteiger charge is -2.30. The van der Waals surface area contributed by atoms with Gasteiger partial charge in [0.1, 0.15) is 0 Å². The molecule has 17 heavy (non-hydrogen) atoms. The van der Waals surface area contributed by atoms with Crippen LogP contribution in [0.3, 0.4) is 0 Å². The lowest BCUT2D eigenvalue weighted by Crippen LogP contribution is -2.45. The smallest absolute Gasteiger partial charge is 0.227 e. The first kappa shape index (κ1) is 12.9. The van der Waals surface area contributed by atoms with E-state index in [1.54, 1.807) is 0 Å². The standard InChI is InChI=1S/C14H26N2O/c1-16(11-7-5-6-8-11)14(17)12-9-3-2-4-10-13(12)15/h11-13H,2-10,15H2,1H3. The molecule has 98 valence electrons.